The van der Waals surface area contributed by atoms with Gasteiger partial charge in [0.1, 0.15) is 4.60 Å². The second-order valence-corrected chi connectivity index (χ2v) is 5.13. The number of benzene rings is 1. The van der Waals surface area contributed by atoms with Gasteiger partial charge in [0.2, 0.25) is 0 Å². The van der Waals surface area contributed by atoms with E-state index in [9.17, 15) is 4.79 Å². The number of anilines is 1. The van der Waals surface area contributed by atoms with Gasteiger partial charge >= 0.3 is 0 Å². The van der Waals surface area contributed by atoms with Crippen molar-refractivity contribution in [2.45, 2.75) is 0 Å². The summed E-state index contributed by atoms with van der Waals surface area (Å²) in [6, 6.07) is 7.36. The van der Waals surface area contributed by atoms with Crippen LogP contribution in [0.5, 0.6) is 0 Å². The highest BCUT2D eigenvalue weighted by Gasteiger charge is 2.09. The molecule has 4 nitrogen and oxygen atoms in total. The van der Waals surface area contributed by atoms with Gasteiger partial charge in [-0.3, -0.25) is 4.79 Å². The van der Waals surface area contributed by atoms with Gasteiger partial charge in [0, 0.05) is 3.57 Å². The molecular formula is C11H7BrIN3O. The van der Waals surface area contributed by atoms with Crippen LogP contribution >= 0.6 is 38.5 Å². The number of hydrogen-bond acceptors (Lipinski definition) is 3. The van der Waals surface area contributed by atoms with Crippen molar-refractivity contribution in [2.24, 2.45) is 0 Å². The van der Waals surface area contributed by atoms with Crippen LogP contribution in [0, 0.1) is 3.57 Å². The fourth-order valence-corrected chi connectivity index (χ4v) is 2.04. The molecule has 1 N–H and O–H groups in total. The maximum atomic E-state index is 11.9. The van der Waals surface area contributed by atoms with Gasteiger partial charge in [0.15, 0.2) is 5.82 Å². The molecule has 0 aliphatic carbocycles. The minimum absolute atomic E-state index is 0.188. The summed E-state index contributed by atoms with van der Waals surface area (Å²) in [6.07, 6.45) is 3.03. The minimum atomic E-state index is -0.188. The third kappa shape index (κ3) is 3.22. The van der Waals surface area contributed by atoms with Crippen molar-refractivity contribution in [1.29, 1.82) is 0 Å². The standard InChI is InChI=1S/C11H7BrIN3O/c12-9-5-15-10(6-14-9)16-11(17)7-3-1-2-4-8(7)13/h1-6H,(H,15,16,17). The fraction of sp³-hybridized carbons (Fsp3) is 0. The Bertz CT molecular complexity index is 545. The van der Waals surface area contributed by atoms with Crippen molar-refractivity contribution in [3.8, 4) is 0 Å². The minimum Gasteiger partial charge on any atom is -0.305 e. The van der Waals surface area contributed by atoms with E-state index in [1.165, 1.54) is 12.4 Å². The first-order chi connectivity index (χ1) is 8.16. The van der Waals surface area contributed by atoms with E-state index >= 15 is 0 Å². The van der Waals surface area contributed by atoms with E-state index in [-0.39, 0.29) is 5.91 Å². The van der Waals surface area contributed by atoms with Crippen molar-refractivity contribution in [2.75, 3.05) is 5.32 Å². The van der Waals surface area contributed by atoms with Crippen molar-refractivity contribution in [3.05, 3.63) is 50.4 Å². The Hall–Kier alpha value is -1.02. The molecule has 0 aliphatic heterocycles. The van der Waals surface area contributed by atoms with Gasteiger partial charge in [-0.15, -0.1) is 0 Å². The van der Waals surface area contributed by atoms with Crippen LogP contribution in [-0.2, 0) is 0 Å². The Kier molecular flexibility index (Phi) is 4.06. The summed E-state index contributed by atoms with van der Waals surface area (Å²) in [5.41, 5.74) is 0.623. The molecule has 0 aliphatic rings. The number of amides is 1. The Balaban J connectivity index is 2.17. The van der Waals surface area contributed by atoms with E-state index in [0.717, 1.165) is 3.57 Å². The normalized spacial score (nSPS) is 10.0. The van der Waals surface area contributed by atoms with Crippen LogP contribution in [0.25, 0.3) is 0 Å². The molecule has 0 radical (unpaired) electrons. The monoisotopic (exact) mass is 403 g/mol. The molecular weight excluding hydrogens is 397 g/mol. The van der Waals surface area contributed by atoms with E-state index in [2.05, 4.69) is 53.8 Å². The number of carbonyl (C=O) groups is 1. The number of halogens is 2. The average molecular weight is 404 g/mol. The molecule has 0 saturated heterocycles. The van der Waals surface area contributed by atoms with E-state index in [1.54, 1.807) is 6.07 Å². The van der Waals surface area contributed by atoms with Crippen LogP contribution in [-0.4, -0.2) is 15.9 Å². The van der Waals surface area contributed by atoms with E-state index in [1.807, 2.05) is 18.2 Å². The second kappa shape index (κ2) is 5.54. The highest BCUT2D eigenvalue weighted by Crippen LogP contribution is 2.13. The predicted octanol–water partition coefficient (Wildman–Crippen LogP) is 3.10. The van der Waals surface area contributed by atoms with Gasteiger partial charge < -0.3 is 5.32 Å². The molecule has 0 atom stereocenters. The zero-order valence-electron chi connectivity index (χ0n) is 8.52. The first-order valence-corrected chi connectivity index (χ1v) is 6.57. The lowest BCUT2D eigenvalue weighted by Crippen LogP contribution is -2.14. The van der Waals surface area contributed by atoms with Crippen molar-refractivity contribution < 1.29 is 4.79 Å². The molecule has 1 aromatic carbocycles. The van der Waals surface area contributed by atoms with Crippen LogP contribution in [0.3, 0.4) is 0 Å². The zero-order chi connectivity index (χ0) is 12.3. The molecule has 0 unspecified atom stereocenters. The zero-order valence-corrected chi connectivity index (χ0v) is 12.3. The molecule has 86 valence electrons. The maximum Gasteiger partial charge on any atom is 0.257 e. The summed E-state index contributed by atoms with van der Waals surface area (Å²) in [6.45, 7) is 0. The number of aromatic nitrogens is 2. The fourth-order valence-electron chi connectivity index (χ4n) is 1.21. The summed E-state index contributed by atoms with van der Waals surface area (Å²) in [4.78, 5) is 19.9. The van der Waals surface area contributed by atoms with Gasteiger partial charge in [0.25, 0.3) is 5.91 Å². The largest absolute Gasteiger partial charge is 0.305 e. The van der Waals surface area contributed by atoms with Crippen LogP contribution < -0.4 is 5.32 Å². The SMILES string of the molecule is O=C(Nc1cnc(Br)cn1)c1ccccc1I. The molecule has 6 heteroatoms. The van der Waals surface area contributed by atoms with E-state index in [0.29, 0.717) is 16.0 Å². The summed E-state index contributed by atoms with van der Waals surface area (Å²) >= 11 is 5.30. The Morgan fingerprint density at radius 2 is 2.00 bits per heavy atom. The molecule has 1 amide bonds. The lowest BCUT2D eigenvalue weighted by atomic mass is 10.2. The smallest absolute Gasteiger partial charge is 0.257 e. The molecule has 2 aromatic rings. The van der Waals surface area contributed by atoms with Crippen molar-refractivity contribution in [3.63, 3.8) is 0 Å². The molecule has 2 rings (SSSR count). The average Bonchev–Trinajstić information content (AvgIpc) is 2.32. The molecule has 0 fully saturated rings. The number of hydrogen-bond donors (Lipinski definition) is 1. The topological polar surface area (TPSA) is 54.9 Å². The Morgan fingerprint density at radius 1 is 1.24 bits per heavy atom. The van der Waals surface area contributed by atoms with Crippen LogP contribution in [0.1, 0.15) is 10.4 Å². The van der Waals surface area contributed by atoms with Crippen LogP contribution in [0.4, 0.5) is 5.82 Å². The van der Waals surface area contributed by atoms with Gasteiger partial charge in [-0.25, -0.2) is 9.97 Å². The number of carbonyl (C=O) groups excluding carboxylic acids is 1. The highest BCUT2D eigenvalue weighted by molar-refractivity contribution is 14.1. The Labute approximate surface area is 120 Å². The van der Waals surface area contributed by atoms with Crippen molar-refractivity contribution >= 4 is 50.2 Å². The van der Waals surface area contributed by atoms with Gasteiger partial charge in [-0.1, -0.05) is 12.1 Å². The van der Waals surface area contributed by atoms with Crippen LogP contribution in [0.2, 0.25) is 0 Å². The van der Waals surface area contributed by atoms with E-state index in [4.69, 9.17) is 0 Å². The van der Waals surface area contributed by atoms with Gasteiger partial charge in [-0.2, -0.15) is 0 Å². The van der Waals surface area contributed by atoms with Crippen molar-refractivity contribution in [1.82, 2.24) is 9.97 Å². The van der Waals surface area contributed by atoms with Gasteiger partial charge in [-0.05, 0) is 50.7 Å². The quantitative estimate of drug-likeness (QED) is 0.784. The number of nitrogens with one attached hydrogen (secondary N) is 1. The molecule has 0 bridgehead atoms. The first kappa shape index (κ1) is 12.4. The third-order valence-electron chi connectivity index (χ3n) is 1.98. The number of nitrogens with zero attached hydrogens (tertiary/aromatic N) is 2. The second-order valence-electron chi connectivity index (χ2n) is 3.16. The first-order valence-electron chi connectivity index (χ1n) is 4.70. The summed E-state index contributed by atoms with van der Waals surface area (Å²) in [7, 11) is 0. The number of rotatable bonds is 2. The summed E-state index contributed by atoms with van der Waals surface area (Å²) in [5, 5.41) is 2.69. The van der Waals surface area contributed by atoms with Gasteiger partial charge in [0.05, 0.1) is 18.0 Å². The maximum absolute atomic E-state index is 11.9. The lowest BCUT2D eigenvalue weighted by molar-refractivity contribution is 0.102. The lowest BCUT2D eigenvalue weighted by Gasteiger charge is -2.05. The highest BCUT2D eigenvalue weighted by atomic mass is 127. The molecule has 0 saturated carbocycles. The predicted molar refractivity (Wildman–Crippen MR) is 76.8 cm³/mol. The Morgan fingerprint density at radius 3 is 2.65 bits per heavy atom. The molecule has 17 heavy (non-hydrogen) atoms. The van der Waals surface area contributed by atoms with E-state index < -0.39 is 0 Å². The molecule has 0 spiro atoms. The van der Waals surface area contributed by atoms with Crippen LogP contribution in [0.15, 0.2) is 41.3 Å². The third-order valence-corrected chi connectivity index (χ3v) is 3.33. The molecule has 1 aromatic heterocycles. The summed E-state index contributed by atoms with van der Waals surface area (Å²) in [5.74, 6) is 0.240. The molecule has 1 heterocycles. The summed E-state index contributed by atoms with van der Waals surface area (Å²) < 4.78 is 1.53.